The van der Waals surface area contributed by atoms with Gasteiger partial charge in [-0.3, -0.25) is 0 Å². The molecule has 0 amide bonds. The minimum Gasteiger partial charge on any atom is -0.472 e. The molecule has 4 nitrogen and oxygen atoms in total. The first-order chi connectivity index (χ1) is 9.79. The summed E-state index contributed by atoms with van der Waals surface area (Å²) in [5.41, 5.74) is 3.11. The van der Waals surface area contributed by atoms with Crippen molar-refractivity contribution in [1.82, 2.24) is 4.98 Å². The molecule has 2 heterocycles. The van der Waals surface area contributed by atoms with E-state index in [2.05, 4.69) is 4.98 Å². The predicted molar refractivity (Wildman–Crippen MR) is 75.4 cm³/mol. The lowest BCUT2D eigenvalue weighted by Gasteiger charge is -2.11. The molecule has 0 atom stereocenters. The minimum absolute atomic E-state index is 0.165. The molecule has 1 N–H and O–H groups in total. The number of nitrogens with zero attached hydrogens (tertiary/aromatic N) is 1. The van der Waals surface area contributed by atoms with Gasteiger partial charge in [0, 0.05) is 5.39 Å². The van der Waals surface area contributed by atoms with Crippen molar-refractivity contribution in [3.63, 3.8) is 0 Å². The molecule has 0 saturated carbocycles. The first-order valence-corrected chi connectivity index (χ1v) is 6.44. The summed E-state index contributed by atoms with van der Waals surface area (Å²) in [5.74, 6) is 0.427. The third-order valence-electron chi connectivity index (χ3n) is 3.23. The Morgan fingerprint density at radius 2 is 2.00 bits per heavy atom. The first kappa shape index (κ1) is 12.7. The molecule has 3 aromatic rings. The highest BCUT2D eigenvalue weighted by atomic mass is 16.5. The van der Waals surface area contributed by atoms with Gasteiger partial charge in [0.25, 0.3) is 0 Å². The van der Waals surface area contributed by atoms with Gasteiger partial charge in [-0.25, -0.2) is 4.98 Å². The average molecular weight is 269 g/mol. The molecule has 4 heteroatoms. The zero-order valence-electron chi connectivity index (χ0n) is 11.2. The van der Waals surface area contributed by atoms with E-state index in [1.54, 1.807) is 6.26 Å². The van der Waals surface area contributed by atoms with Crippen molar-refractivity contribution in [2.75, 3.05) is 0 Å². The van der Waals surface area contributed by atoms with Crippen LogP contribution in [-0.4, -0.2) is 10.1 Å². The summed E-state index contributed by atoms with van der Waals surface area (Å²) in [4.78, 5) is 4.42. The van der Waals surface area contributed by atoms with Crippen molar-refractivity contribution >= 4 is 11.0 Å². The molecule has 2 aromatic heterocycles. The third kappa shape index (κ3) is 2.26. The lowest BCUT2D eigenvalue weighted by atomic mass is 10.2. The van der Waals surface area contributed by atoms with Crippen molar-refractivity contribution in [2.45, 2.75) is 20.1 Å². The van der Waals surface area contributed by atoms with E-state index in [4.69, 9.17) is 9.15 Å². The SMILES string of the molecule is Cc1nc(OCc2ccccc2)c(CO)c2occc12. The maximum absolute atomic E-state index is 9.54. The van der Waals surface area contributed by atoms with Gasteiger partial charge >= 0.3 is 0 Å². The van der Waals surface area contributed by atoms with Crippen molar-refractivity contribution in [2.24, 2.45) is 0 Å². The molecule has 0 aliphatic heterocycles. The van der Waals surface area contributed by atoms with E-state index in [1.807, 2.05) is 43.3 Å². The Kier molecular flexibility index (Phi) is 3.39. The number of furan rings is 1. The van der Waals surface area contributed by atoms with Gasteiger partial charge in [0.15, 0.2) is 0 Å². The van der Waals surface area contributed by atoms with Crippen LogP contribution in [0.3, 0.4) is 0 Å². The van der Waals surface area contributed by atoms with Crippen LogP contribution in [0.1, 0.15) is 16.8 Å². The molecule has 0 radical (unpaired) electrons. The quantitative estimate of drug-likeness (QED) is 0.790. The molecule has 0 aliphatic carbocycles. The average Bonchev–Trinajstić information content (AvgIpc) is 2.96. The van der Waals surface area contributed by atoms with E-state index in [0.717, 1.165) is 16.6 Å². The van der Waals surface area contributed by atoms with E-state index < -0.39 is 0 Å². The molecule has 102 valence electrons. The highest BCUT2D eigenvalue weighted by molar-refractivity contribution is 5.83. The monoisotopic (exact) mass is 269 g/mol. The van der Waals surface area contributed by atoms with E-state index in [0.29, 0.717) is 23.6 Å². The van der Waals surface area contributed by atoms with Gasteiger partial charge < -0.3 is 14.3 Å². The molecular formula is C16H15NO3. The van der Waals surface area contributed by atoms with Crippen LogP contribution in [0.25, 0.3) is 11.0 Å². The Hall–Kier alpha value is -2.33. The van der Waals surface area contributed by atoms with Gasteiger partial charge in [-0.15, -0.1) is 0 Å². The second-order valence-corrected chi connectivity index (χ2v) is 4.58. The summed E-state index contributed by atoms with van der Waals surface area (Å²) in [7, 11) is 0. The molecule has 0 unspecified atom stereocenters. The summed E-state index contributed by atoms with van der Waals surface area (Å²) in [6.07, 6.45) is 1.60. The summed E-state index contributed by atoms with van der Waals surface area (Å²) in [5, 5.41) is 10.4. The number of pyridine rings is 1. The molecule has 0 spiro atoms. The van der Waals surface area contributed by atoms with E-state index in [1.165, 1.54) is 0 Å². The Bertz CT molecular complexity index is 719. The second-order valence-electron chi connectivity index (χ2n) is 4.58. The van der Waals surface area contributed by atoms with Gasteiger partial charge in [0.2, 0.25) is 5.88 Å². The number of ether oxygens (including phenoxy) is 1. The second kappa shape index (κ2) is 5.35. The lowest BCUT2D eigenvalue weighted by molar-refractivity contribution is 0.252. The minimum atomic E-state index is -0.165. The van der Waals surface area contributed by atoms with Crippen LogP contribution < -0.4 is 4.74 Å². The number of aromatic nitrogens is 1. The molecule has 0 bridgehead atoms. The fourth-order valence-corrected chi connectivity index (χ4v) is 2.19. The highest BCUT2D eigenvalue weighted by Gasteiger charge is 2.15. The Morgan fingerprint density at radius 3 is 2.75 bits per heavy atom. The summed E-state index contributed by atoms with van der Waals surface area (Å²) < 4.78 is 11.2. The van der Waals surface area contributed by atoms with Crippen LogP contribution in [0.5, 0.6) is 5.88 Å². The Morgan fingerprint density at radius 1 is 1.20 bits per heavy atom. The van der Waals surface area contributed by atoms with Gasteiger partial charge in [-0.1, -0.05) is 30.3 Å². The summed E-state index contributed by atoms with van der Waals surface area (Å²) >= 11 is 0. The smallest absolute Gasteiger partial charge is 0.223 e. The first-order valence-electron chi connectivity index (χ1n) is 6.44. The van der Waals surface area contributed by atoms with Crippen molar-refractivity contribution < 1.29 is 14.3 Å². The fourth-order valence-electron chi connectivity index (χ4n) is 2.19. The standard InChI is InChI=1S/C16H15NO3/c1-11-13-7-8-19-15(13)14(9-18)16(17-11)20-10-12-5-3-2-4-6-12/h2-8,18H,9-10H2,1H3. The molecule has 0 aliphatic rings. The van der Waals surface area contributed by atoms with Crippen LogP contribution in [0.4, 0.5) is 0 Å². The maximum atomic E-state index is 9.54. The van der Waals surface area contributed by atoms with Crippen molar-refractivity contribution in [3.8, 4) is 5.88 Å². The molecular weight excluding hydrogens is 254 g/mol. The molecule has 1 aromatic carbocycles. The van der Waals surface area contributed by atoms with Gasteiger partial charge in [-0.05, 0) is 18.6 Å². The number of aryl methyl sites for hydroxylation is 1. The number of rotatable bonds is 4. The fraction of sp³-hybridized carbons (Fsp3) is 0.188. The van der Waals surface area contributed by atoms with Crippen LogP contribution >= 0.6 is 0 Å². The zero-order chi connectivity index (χ0) is 13.9. The van der Waals surface area contributed by atoms with E-state index in [9.17, 15) is 5.11 Å². The number of fused-ring (bicyclic) bond motifs is 1. The van der Waals surface area contributed by atoms with Crippen LogP contribution in [-0.2, 0) is 13.2 Å². The van der Waals surface area contributed by atoms with Crippen LogP contribution in [0.15, 0.2) is 47.1 Å². The number of hydrogen-bond acceptors (Lipinski definition) is 4. The number of benzene rings is 1. The molecule has 0 fully saturated rings. The Balaban J connectivity index is 1.94. The topological polar surface area (TPSA) is 55.5 Å². The normalized spacial score (nSPS) is 10.9. The zero-order valence-corrected chi connectivity index (χ0v) is 11.2. The van der Waals surface area contributed by atoms with Crippen molar-refractivity contribution in [3.05, 3.63) is 59.5 Å². The Labute approximate surface area is 116 Å². The van der Waals surface area contributed by atoms with Gasteiger partial charge in [0.05, 0.1) is 24.1 Å². The van der Waals surface area contributed by atoms with E-state index in [-0.39, 0.29) is 6.61 Å². The third-order valence-corrected chi connectivity index (χ3v) is 3.23. The summed E-state index contributed by atoms with van der Waals surface area (Å²) in [6.45, 7) is 2.14. The summed E-state index contributed by atoms with van der Waals surface area (Å²) in [6, 6.07) is 11.7. The van der Waals surface area contributed by atoms with Gasteiger partial charge in [0.1, 0.15) is 12.2 Å². The number of hydrogen-bond donors (Lipinski definition) is 1. The molecule has 3 rings (SSSR count). The number of aliphatic hydroxyl groups is 1. The van der Waals surface area contributed by atoms with Crippen LogP contribution in [0, 0.1) is 6.92 Å². The van der Waals surface area contributed by atoms with Crippen LogP contribution in [0.2, 0.25) is 0 Å². The predicted octanol–water partition coefficient (Wildman–Crippen LogP) is 3.21. The lowest BCUT2D eigenvalue weighted by Crippen LogP contribution is -2.02. The van der Waals surface area contributed by atoms with Gasteiger partial charge in [-0.2, -0.15) is 0 Å². The molecule has 0 saturated heterocycles. The maximum Gasteiger partial charge on any atom is 0.223 e. The van der Waals surface area contributed by atoms with E-state index >= 15 is 0 Å². The molecule has 20 heavy (non-hydrogen) atoms. The number of aliphatic hydroxyl groups excluding tert-OH is 1. The highest BCUT2D eigenvalue weighted by Crippen LogP contribution is 2.29. The largest absolute Gasteiger partial charge is 0.472 e. The van der Waals surface area contributed by atoms with Crippen molar-refractivity contribution in [1.29, 1.82) is 0 Å².